The molecule has 0 saturated heterocycles. The highest BCUT2D eigenvalue weighted by molar-refractivity contribution is 6.18. The second kappa shape index (κ2) is 5.71. The third-order valence-corrected chi connectivity index (χ3v) is 3.63. The van der Waals surface area contributed by atoms with Crippen LogP contribution in [0.2, 0.25) is 0 Å². The zero-order valence-electron chi connectivity index (χ0n) is 12.1. The van der Waals surface area contributed by atoms with Gasteiger partial charge in [0, 0.05) is 22.3 Å². The maximum absolute atomic E-state index is 11.7. The lowest BCUT2D eigenvalue weighted by molar-refractivity contribution is -0.111. The van der Waals surface area contributed by atoms with E-state index in [4.69, 9.17) is 0 Å². The summed E-state index contributed by atoms with van der Waals surface area (Å²) in [6.07, 6.45) is 3.94. The minimum Gasteiger partial charge on any atom is -0.361 e. The van der Waals surface area contributed by atoms with Crippen molar-refractivity contribution < 1.29 is 4.79 Å². The summed E-state index contributed by atoms with van der Waals surface area (Å²) in [6.45, 7) is 1.42. The number of allylic oxidation sites excluding steroid dienone is 1. The van der Waals surface area contributed by atoms with E-state index in [-0.39, 0.29) is 11.4 Å². The Morgan fingerprint density at radius 1 is 1.09 bits per heavy atom. The Morgan fingerprint density at radius 3 is 2.55 bits per heavy atom. The van der Waals surface area contributed by atoms with Crippen molar-refractivity contribution in [3.05, 3.63) is 70.7 Å². The van der Waals surface area contributed by atoms with Crippen molar-refractivity contribution in [2.45, 2.75) is 6.92 Å². The fourth-order valence-electron chi connectivity index (χ4n) is 2.54. The predicted octanol–water partition coefficient (Wildman–Crippen LogP) is 2.20. The summed E-state index contributed by atoms with van der Waals surface area (Å²) in [7, 11) is 0. The summed E-state index contributed by atoms with van der Waals surface area (Å²) in [5.74, 6) is -0.222. The largest absolute Gasteiger partial charge is 0.361 e. The van der Waals surface area contributed by atoms with Crippen molar-refractivity contribution >= 4 is 28.7 Å². The Labute approximate surface area is 128 Å². The molecule has 22 heavy (non-hydrogen) atoms. The second-order valence-corrected chi connectivity index (χ2v) is 5.06. The molecule has 1 heterocycles. The van der Waals surface area contributed by atoms with Gasteiger partial charge >= 0.3 is 0 Å². The third kappa shape index (κ3) is 2.43. The van der Waals surface area contributed by atoms with Gasteiger partial charge in [0.1, 0.15) is 11.6 Å². The lowest BCUT2D eigenvalue weighted by Crippen LogP contribution is -2.32. The zero-order chi connectivity index (χ0) is 15.5. The Hall–Kier alpha value is -3.12. The first-order chi connectivity index (χ1) is 10.7. The fraction of sp³-hybridized carbons (Fsp3) is 0.0526. The molecule has 106 valence electrons. The number of benzene rings is 2. The van der Waals surface area contributed by atoms with E-state index in [9.17, 15) is 10.1 Å². The van der Waals surface area contributed by atoms with Gasteiger partial charge in [0.25, 0.3) is 0 Å². The van der Waals surface area contributed by atoms with Crippen LogP contribution >= 0.6 is 0 Å². The van der Waals surface area contributed by atoms with Gasteiger partial charge in [0.15, 0.2) is 5.78 Å². The van der Waals surface area contributed by atoms with Gasteiger partial charge < -0.3 is 5.32 Å². The summed E-state index contributed by atoms with van der Waals surface area (Å²) >= 11 is 0. The molecule has 0 aromatic heterocycles. The first-order valence-corrected chi connectivity index (χ1v) is 6.99. The molecule has 3 rings (SSSR count). The number of carbonyl (C=O) groups is 1. The van der Waals surface area contributed by atoms with Crippen molar-refractivity contribution in [3.63, 3.8) is 0 Å². The SMILES string of the molecule is CC(=O)/C(C#N)=c1\cccc2c1=CC(c1ccccc1)=CN2. The van der Waals surface area contributed by atoms with E-state index >= 15 is 0 Å². The predicted molar refractivity (Wildman–Crippen MR) is 87.9 cm³/mol. The minimum atomic E-state index is -0.222. The highest BCUT2D eigenvalue weighted by Gasteiger charge is 2.10. The Kier molecular flexibility index (Phi) is 3.59. The van der Waals surface area contributed by atoms with Crippen molar-refractivity contribution in [2.75, 3.05) is 5.32 Å². The summed E-state index contributed by atoms with van der Waals surface area (Å²) < 4.78 is 0. The van der Waals surface area contributed by atoms with E-state index < -0.39 is 0 Å². The lowest BCUT2D eigenvalue weighted by Gasteiger charge is -2.13. The second-order valence-electron chi connectivity index (χ2n) is 5.06. The van der Waals surface area contributed by atoms with E-state index in [0.717, 1.165) is 22.0 Å². The van der Waals surface area contributed by atoms with E-state index in [0.29, 0.717) is 5.22 Å². The summed E-state index contributed by atoms with van der Waals surface area (Å²) in [5, 5.41) is 14.1. The highest BCUT2D eigenvalue weighted by Crippen LogP contribution is 2.18. The number of fused-ring (bicyclic) bond motifs is 1. The quantitative estimate of drug-likeness (QED) is 0.920. The maximum atomic E-state index is 11.7. The van der Waals surface area contributed by atoms with Crippen molar-refractivity contribution in [1.82, 2.24) is 0 Å². The molecule has 0 bridgehead atoms. The van der Waals surface area contributed by atoms with Crippen LogP contribution in [-0.2, 0) is 4.79 Å². The number of hydrogen-bond acceptors (Lipinski definition) is 3. The molecule has 3 heteroatoms. The number of rotatable bonds is 2. The Balaban J connectivity index is 2.30. The van der Waals surface area contributed by atoms with Gasteiger partial charge in [-0.15, -0.1) is 0 Å². The molecular weight excluding hydrogens is 272 g/mol. The molecule has 1 N–H and O–H groups in total. The maximum Gasteiger partial charge on any atom is 0.170 e. The Bertz CT molecular complexity index is 932. The molecule has 0 saturated carbocycles. The van der Waals surface area contributed by atoms with Gasteiger partial charge in [-0.1, -0.05) is 42.5 Å². The van der Waals surface area contributed by atoms with Gasteiger partial charge in [-0.25, -0.2) is 0 Å². The van der Waals surface area contributed by atoms with Crippen molar-refractivity contribution in [3.8, 4) is 6.07 Å². The molecule has 0 amide bonds. The van der Waals surface area contributed by atoms with Crippen LogP contribution in [0.4, 0.5) is 5.69 Å². The van der Waals surface area contributed by atoms with Crippen LogP contribution in [0, 0.1) is 11.3 Å². The van der Waals surface area contributed by atoms with E-state index in [1.807, 2.05) is 66.9 Å². The van der Waals surface area contributed by atoms with Crippen molar-refractivity contribution in [1.29, 1.82) is 5.26 Å². The zero-order valence-corrected chi connectivity index (χ0v) is 12.1. The van der Waals surface area contributed by atoms with E-state index in [1.165, 1.54) is 6.92 Å². The van der Waals surface area contributed by atoms with Gasteiger partial charge in [-0.2, -0.15) is 5.26 Å². The molecule has 0 aliphatic carbocycles. The number of carbonyl (C=O) groups excluding carboxylic acids is 1. The van der Waals surface area contributed by atoms with Crippen LogP contribution in [0.5, 0.6) is 0 Å². The fourth-order valence-corrected chi connectivity index (χ4v) is 2.54. The molecule has 0 atom stereocenters. The average molecular weight is 286 g/mol. The number of nitriles is 1. The summed E-state index contributed by atoms with van der Waals surface area (Å²) in [5.41, 5.74) is 3.17. The van der Waals surface area contributed by atoms with Crippen LogP contribution in [0.25, 0.3) is 17.2 Å². The molecule has 2 aromatic carbocycles. The van der Waals surface area contributed by atoms with Gasteiger partial charge in [0.05, 0.1) is 0 Å². The van der Waals surface area contributed by atoms with E-state index in [2.05, 4.69) is 5.32 Å². The molecule has 0 radical (unpaired) electrons. The van der Waals surface area contributed by atoms with Crippen LogP contribution in [0.1, 0.15) is 12.5 Å². The first kappa shape index (κ1) is 13.8. The van der Waals surface area contributed by atoms with Crippen LogP contribution in [-0.4, -0.2) is 5.78 Å². The molecule has 0 fully saturated rings. The van der Waals surface area contributed by atoms with Crippen LogP contribution < -0.4 is 15.8 Å². The van der Waals surface area contributed by atoms with Crippen LogP contribution in [0.3, 0.4) is 0 Å². The average Bonchev–Trinajstić information content (AvgIpc) is 2.56. The number of nitrogens with zero attached hydrogens (tertiary/aromatic N) is 1. The minimum absolute atomic E-state index is 0.184. The molecule has 1 aliphatic heterocycles. The summed E-state index contributed by atoms with van der Waals surface area (Å²) in [6, 6.07) is 17.6. The molecule has 0 unspecified atom stereocenters. The van der Waals surface area contributed by atoms with E-state index in [1.54, 1.807) is 0 Å². The third-order valence-electron chi connectivity index (χ3n) is 3.63. The first-order valence-electron chi connectivity index (χ1n) is 6.99. The topological polar surface area (TPSA) is 52.9 Å². The summed E-state index contributed by atoms with van der Waals surface area (Å²) in [4.78, 5) is 11.7. The molecule has 0 spiro atoms. The molecule has 3 nitrogen and oxygen atoms in total. The molecule has 2 aromatic rings. The molecular formula is C19H14N2O. The van der Waals surface area contributed by atoms with Gasteiger partial charge in [-0.05, 0) is 30.2 Å². The number of nitrogens with one attached hydrogen (secondary N) is 1. The van der Waals surface area contributed by atoms with Crippen molar-refractivity contribution in [2.24, 2.45) is 0 Å². The smallest absolute Gasteiger partial charge is 0.170 e. The standard InChI is InChI=1S/C19H14N2O/c1-13(22)18(11-20)16-8-5-9-19-17(16)10-15(12-21-19)14-6-3-2-4-7-14/h2-10,12,21H,1H3/b18-16+. The molecule has 1 aliphatic rings. The lowest BCUT2D eigenvalue weighted by atomic mass is 10.00. The number of ketones is 1. The van der Waals surface area contributed by atoms with Crippen LogP contribution in [0.15, 0.2) is 54.7 Å². The number of anilines is 1. The number of Topliss-reactive ketones (excluding diaryl/α,β-unsaturated/α-hetero) is 1. The normalized spacial score (nSPS) is 13.7. The Morgan fingerprint density at radius 2 is 1.86 bits per heavy atom. The van der Waals surface area contributed by atoms with Gasteiger partial charge in [-0.3, -0.25) is 4.79 Å². The van der Waals surface area contributed by atoms with Gasteiger partial charge in [0.2, 0.25) is 0 Å². The highest BCUT2D eigenvalue weighted by atomic mass is 16.1. The number of hydrogen-bond donors (Lipinski definition) is 1. The monoisotopic (exact) mass is 286 g/mol.